The average molecular weight is 381 g/mol. The molecule has 0 saturated carbocycles. The van der Waals surface area contributed by atoms with Gasteiger partial charge in [0, 0.05) is 45.2 Å². The number of hydrogen-bond acceptors (Lipinski definition) is 0. The molecule has 0 radical (unpaired) electrons. The van der Waals surface area contributed by atoms with E-state index in [1.54, 1.807) is 18.2 Å². The SMILES string of the molecule is CCCC#CC1=C/C=C/C(Cl)=C\C=C1C(F)(F)I. The molecule has 0 unspecified atom stereocenters. The molecule has 1 aliphatic carbocycles. The molecule has 0 N–H and O–H groups in total. The molecule has 0 amide bonds. The van der Waals surface area contributed by atoms with E-state index >= 15 is 0 Å². The van der Waals surface area contributed by atoms with Gasteiger partial charge in [-0.1, -0.05) is 36.4 Å². The smallest absolute Gasteiger partial charge is 0.189 e. The highest BCUT2D eigenvalue weighted by Crippen LogP contribution is 2.36. The van der Waals surface area contributed by atoms with Gasteiger partial charge in [0.15, 0.2) is 0 Å². The van der Waals surface area contributed by atoms with E-state index < -0.39 is 3.93 Å². The molecule has 0 saturated heterocycles. The Morgan fingerprint density at radius 3 is 2.67 bits per heavy atom. The predicted octanol–water partition coefficient (Wildman–Crippen LogP) is 5.36. The van der Waals surface area contributed by atoms with Crippen molar-refractivity contribution in [1.29, 1.82) is 0 Å². The maximum absolute atomic E-state index is 13.5. The van der Waals surface area contributed by atoms with E-state index in [-0.39, 0.29) is 5.57 Å². The van der Waals surface area contributed by atoms with Crippen molar-refractivity contribution in [2.75, 3.05) is 0 Å². The number of alkyl halides is 3. The first-order chi connectivity index (χ1) is 8.45. The van der Waals surface area contributed by atoms with Gasteiger partial charge in [-0.15, -0.1) is 0 Å². The lowest BCUT2D eigenvalue weighted by Gasteiger charge is -2.13. The number of unbranched alkanes of at least 4 members (excludes halogenated alkanes) is 1. The van der Waals surface area contributed by atoms with Crippen molar-refractivity contribution < 1.29 is 8.78 Å². The number of rotatable bonds is 2. The van der Waals surface area contributed by atoms with Gasteiger partial charge in [0.25, 0.3) is 0 Å². The van der Waals surface area contributed by atoms with Gasteiger partial charge in [-0.05, 0) is 30.7 Å². The topological polar surface area (TPSA) is 0 Å². The molecule has 0 bridgehead atoms. The molecule has 0 atom stereocenters. The fraction of sp³-hybridized carbons (Fsp3) is 0.286. The summed E-state index contributed by atoms with van der Waals surface area (Å²) in [6.07, 6.45) is 9.21. The Labute approximate surface area is 125 Å². The highest BCUT2D eigenvalue weighted by molar-refractivity contribution is 14.1. The molecule has 0 spiro atoms. The van der Waals surface area contributed by atoms with Gasteiger partial charge >= 0.3 is 3.93 Å². The first-order valence-electron chi connectivity index (χ1n) is 5.47. The van der Waals surface area contributed by atoms with Crippen LogP contribution in [0.2, 0.25) is 0 Å². The summed E-state index contributed by atoms with van der Waals surface area (Å²) in [7, 11) is 0. The largest absolute Gasteiger partial charge is 0.322 e. The fourth-order valence-corrected chi connectivity index (χ4v) is 1.88. The quantitative estimate of drug-likeness (QED) is 0.343. The van der Waals surface area contributed by atoms with E-state index in [9.17, 15) is 8.78 Å². The van der Waals surface area contributed by atoms with Gasteiger partial charge in [-0.2, -0.15) is 8.78 Å². The van der Waals surface area contributed by atoms with Crippen molar-refractivity contribution in [3.63, 3.8) is 0 Å². The van der Waals surface area contributed by atoms with Crippen LogP contribution in [-0.2, 0) is 0 Å². The van der Waals surface area contributed by atoms with Crippen molar-refractivity contribution in [1.82, 2.24) is 0 Å². The van der Waals surface area contributed by atoms with Crippen molar-refractivity contribution in [3.05, 3.63) is 46.6 Å². The van der Waals surface area contributed by atoms with Gasteiger partial charge in [-0.25, -0.2) is 0 Å². The second-order valence-corrected chi connectivity index (χ2v) is 5.41. The zero-order chi connectivity index (χ0) is 13.6. The maximum atomic E-state index is 13.5. The summed E-state index contributed by atoms with van der Waals surface area (Å²) in [5.74, 6) is 5.68. The molecule has 18 heavy (non-hydrogen) atoms. The highest BCUT2D eigenvalue weighted by Gasteiger charge is 2.31. The van der Waals surface area contributed by atoms with Gasteiger partial charge in [-0.3, -0.25) is 0 Å². The molecule has 4 heteroatoms. The van der Waals surface area contributed by atoms with Crippen LogP contribution in [0.4, 0.5) is 8.78 Å². The van der Waals surface area contributed by atoms with Crippen LogP contribution in [0.3, 0.4) is 0 Å². The second kappa shape index (κ2) is 7.10. The molecule has 0 aromatic carbocycles. The van der Waals surface area contributed by atoms with Gasteiger partial charge in [0.1, 0.15) is 0 Å². The molecule has 0 aliphatic heterocycles. The second-order valence-electron chi connectivity index (χ2n) is 3.62. The van der Waals surface area contributed by atoms with Crippen molar-refractivity contribution in [2.45, 2.75) is 23.7 Å². The monoisotopic (exact) mass is 380 g/mol. The lowest BCUT2D eigenvalue weighted by atomic mass is 10.0. The molecule has 1 rings (SSSR count). The average Bonchev–Trinajstić information content (AvgIpc) is 2.24. The van der Waals surface area contributed by atoms with E-state index in [2.05, 4.69) is 11.8 Å². The summed E-state index contributed by atoms with van der Waals surface area (Å²) in [5, 5.41) is 0.407. The number of hydrogen-bond donors (Lipinski definition) is 0. The molecule has 0 nitrogen and oxygen atoms in total. The first-order valence-corrected chi connectivity index (χ1v) is 6.93. The van der Waals surface area contributed by atoms with Crippen LogP contribution in [0.5, 0.6) is 0 Å². The Morgan fingerprint density at radius 1 is 1.33 bits per heavy atom. The molecular formula is C14H12ClF2I. The molecule has 96 valence electrons. The van der Waals surface area contributed by atoms with Gasteiger partial charge in [0.05, 0.1) is 0 Å². The lowest BCUT2D eigenvalue weighted by Crippen LogP contribution is -2.11. The van der Waals surface area contributed by atoms with E-state index in [1.165, 1.54) is 12.2 Å². The zero-order valence-electron chi connectivity index (χ0n) is 9.81. The van der Waals surface area contributed by atoms with E-state index in [4.69, 9.17) is 11.6 Å². The van der Waals surface area contributed by atoms with Crippen LogP contribution in [0.1, 0.15) is 19.8 Å². The first kappa shape index (κ1) is 15.5. The summed E-state index contributed by atoms with van der Waals surface area (Å²) in [6, 6.07) is 0. The number of allylic oxidation sites excluding steroid dienone is 8. The normalized spacial score (nSPS) is 20.4. The fourth-order valence-electron chi connectivity index (χ4n) is 1.27. The molecular weight excluding hydrogens is 369 g/mol. The molecule has 0 fully saturated rings. The van der Waals surface area contributed by atoms with Crippen molar-refractivity contribution >= 4 is 34.2 Å². The molecule has 0 aromatic heterocycles. The highest BCUT2D eigenvalue weighted by atomic mass is 127. The minimum atomic E-state index is -2.97. The Morgan fingerprint density at radius 2 is 2.06 bits per heavy atom. The Hall–Kier alpha value is -0.600. The summed E-state index contributed by atoms with van der Waals surface area (Å²) in [6.45, 7) is 1.99. The van der Waals surface area contributed by atoms with E-state index in [0.717, 1.165) is 29.0 Å². The van der Waals surface area contributed by atoms with Gasteiger partial charge in [0.2, 0.25) is 0 Å². The molecule has 1 aliphatic rings. The van der Waals surface area contributed by atoms with Crippen molar-refractivity contribution in [3.8, 4) is 11.8 Å². The Bertz CT molecular complexity index is 482. The predicted molar refractivity (Wildman–Crippen MR) is 80.9 cm³/mol. The third-order valence-electron chi connectivity index (χ3n) is 2.12. The van der Waals surface area contributed by atoms with Crippen LogP contribution in [0, 0.1) is 11.8 Å². The molecule has 0 heterocycles. The summed E-state index contributed by atoms with van der Waals surface area (Å²) in [5.41, 5.74) is 0.216. The van der Waals surface area contributed by atoms with Crippen LogP contribution in [0.25, 0.3) is 0 Å². The van der Waals surface area contributed by atoms with Gasteiger partial charge < -0.3 is 0 Å². The van der Waals surface area contributed by atoms with Crippen LogP contribution in [-0.4, -0.2) is 3.93 Å². The van der Waals surface area contributed by atoms with E-state index in [0.29, 0.717) is 17.0 Å². The number of halogens is 4. The van der Waals surface area contributed by atoms with Crippen LogP contribution in [0.15, 0.2) is 46.6 Å². The molecule has 0 aromatic rings. The standard InChI is InChI=1S/C14H12ClF2I/c1-2-3-4-6-11-7-5-8-12(15)9-10-13(11)14(16,17)18/h5,7-10H,2-3H2,1H3/b7-5?,8-5+,10-9?,11-7?,12-8?,12-9+,13-10?,13-11?. The summed E-state index contributed by atoms with van der Waals surface area (Å²) >= 11 is 6.90. The van der Waals surface area contributed by atoms with Crippen molar-refractivity contribution in [2.24, 2.45) is 0 Å². The third kappa shape index (κ3) is 4.95. The summed E-state index contributed by atoms with van der Waals surface area (Å²) in [4.78, 5) is 0. The summed E-state index contributed by atoms with van der Waals surface area (Å²) < 4.78 is 24.1. The third-order valence-corrected chi connectivity index (χ3v) is 2.95. The Balaban J connectivity index is 3.16. The van der Waals surface area contributed by atoms with E-state index in [1.807, 2.05) is 6.92 Å². The minimum absolute atomic E-state index is 0.116. The van der Waals surface area contributed by atoms with Crippen LogP contribution < -0.4 is 0 Å². The Kier molecular flexibility index (Phi) is 6.10. The maximum Gasteiger partial charge on any atom is 0.322 e. The lowest BCUT2D eigenvalue weighted by molar-refractivity contribution is 0.172. The minimum Gasteiger partial charge on any atom is -0.189 e. The zero-order valence-corrected chi connectivity index (χ0v) is 12.7. The van der Waals surface area contributed by atoms with Crippen LogP contribution >= 0.6 is 34.2 Å².